The predicted octanol–water partition coefficient (Wildman–Crippen LogP) is 2.59. The third kappa shape index (κ3) is 3.62. The molecule has 7 heteroatoms. The second kappa shape index (κ2) is 6.73. The molecule has 1 aromatic carbocycles. The molecule has 2 aromatic rings. The molecule has 0 radical (unpaired) electrons. The number of rotatable bonds is 5. The summed E-state index contributed by atoms with van der Waals surface area (Å²) in [4.78, 5) is 16.3. The first-order valence-electron chi connectivity index (χ1n) is 6.38. The smallest absolute Gasteiger partial charge is 0.263 e. The summed E-state index contributed by atoms with van der Waals surface area (Å²) in [5.41, 5.74) is 0.409. The Kier molecular flexibility index (Phi) is 4.98. The molecule has 0 aliphatic rings. The zero-order valence-corrected chi connectivity index (χ0v) is 12.1. The minimum absolute atomic E-state index is 0.142. The molecule has 2 rings (SSSR count). The van der Waals surface area contributed by atoms with E-state index in [1.807, 2.05) is 6.92 Å². The molecule has 0 spiro atoms. The molecule has 112 valence electrons. The molecule has 1 heterocycles. The quantitative estimate of drug-likeness (QED) is 0.892. The minimum atomic E-state index is -0.958. The Morgan fingerprint density at radius 3 is 2.81 bits per heavy atom. The summed E-state index contributed by atoms with van der Waals surface area (Å²) in [5, 5.41) is 12.1. The van der Waals surface area contributed by atoms with Gasteiger partial charge in [-0.1, -0.05) is 6.92 Å². The Hall–Kier alpha value is -1.86. The van der Waals surface area contributed by atoms with Gasteiger partial charge in [0.1, 0.15) is 9.88 Å². The first kappa shape index (κ1) is 15.5. The molecule has 4 nitrogen and oxygen atoms in total. The fourth-order valence-electron chi connectivity index (χ4n) is 1.68. The van der Waals surface area contributed by atoms with E-state index in [2.05, 4.69) is 10.3 Å². The number of benzene rings is 1. The minimum Gasteiger partial charge on any atom is -0.394 e. The van der Waals surface area contributed by atoms with Crippen LogP contribution in [-0.4, -0.2) is 28.6 Å². The standard InChI is InChI=1S/C14H14F2N2O2S/c1-2-9(7-19)18-13(20)12-6-17-14(21-12)8-3-4-10(15)11(16)5-8/h3-6,9,19H,2,7H2,1H3,(H,18,20). The molecule has 0 fully saturated rings. The molecule has 0 aliphatic carbocycles. The number of hydrogen-bond donors (Lipinski definition) is 2. The van der Waals surface area contributed by atoms with Crippen LogP contribution >= 0.6 is 11.3 Å². The Bertz CT molecular complexity index is 642. The molecular weight excluding hydrogens is 298 g/mol. The summed E-state index contributed by atoms with van der Waals surface area (Å²) in [6, 6.07) is 3.15. The van der Waals surface area contributed by atoms with Crippen LogP contribution < -0.4 is 5.32 Å². The first-order valence-corrected chi connectivity index (χ1v) is 7.19. The number of amides is 1. The highest BCUT2D eigenvalue weighted by molar-refractivity contribution is 7.16. The van der Waals surface area contributed by atoms with E-state index in [1.165, 1.54) is 12.3 Å². The van der Waals surface area contributed by atoms with Crippen molar-refractivity contribution >= 4 is 17.2 Å². The lowest BCUT2D eigenvalue weighted by Gasteiger charge is -2.12. The Labute approximate surface area is 124 Å². The third-order valence-electron chi connectivity index (χ3n) is 2.94. The fourth-order valence-corrected chi connectivity index (χ4v) is 2.49. The normalized spacial score (nSPS) is 12.2. The maximum absolute atomic E-state index is 13.2. The lowest BCUT2D eigenvalue weighted by molar-refractivity contribution is 0.0919. The van der Waals surface area contributed by atoms with Gasteiger partial charge in [0.2, 0.25) is 0 Å². The van der Waals surface area contributed by atoms with Gasteiger partial charge in [0.15, 0.2) is 11.6 Å². The summed E-state index contributed by atoms with van der Waals surface area (Å²) < 4.78 is 26.1. The van der Waals surface area contributed by atoms with Crippen LogP contribution in [0.3, 0.4) is 0 Å². The number of aliphatic hydroxyl groups excluding tert-OH is 1. The van der Waals surface area contributed by atoms with Gasteiger partial charge in [0.25, 0.3) is 5.91 Å². The molecule has 1 aromatic heterocycles. The Balaban J connectivity index is 2.17. The number of carbonyl (C=O) groups excluding carboxylic acids is 1. The van der Waals surface area contributed by atoms with E-state index in [0.717, 1.165) is 23.5 Å². The number of halogens is 2. The number of thiazole rings is 1. The van der Waals surface area contributed by atoms with E-state index < -0.39 is 11.6 Å². The number of aromatic nitrogens is 1. The molecule has 2 N–H and O–H groups in total. The van der Waals surface area contributed by atoms with E-state index in [9.17, 15) is 13.6 Å². The zero-order valence-electron chi connectivity index (χ0n) is 11.3. The first-order chi connectivity index (χ1) is 10.0. The highest BCUT2D eigenvalue weighted by Crippen LogP contribution is 2.26. The van der Waals surface area contributed by atoms with Gasteiger partial charge in [-0.05, 0) is 24.6 Å². The van der Waals surface area contributed by atoms with Gasteiger partial charge >= 0.3 is 0 Å². The van der Waals surface area contributed by atoms with Crippen molar-refractivity contribution in [2.45, 2.75) is 19.4 Å². The molecule has 0 bridgehead atoms. The van der Waals surface area contributed by atoms with Crippen LogP contribution in [-0.2, 0) is 0 Å². The van der Waals surface area contributed by atoms with Gasteiger partial charge in [-0.25, -0.2) is 13.8 Å². The summed E-state index contributed by atoms with van der Waals surface area (Å²) >= 11 is 1.08. The molecule has 0 saturated heterocycles. The zero-order chi connectivity index (χ0) is 15.4. The van der Waals surface area contributed by atoms with Gasteiger partial charge in [0, 0.05) is 5.56 Å². The van der Waals surface area contributed by atoms with Crippen molar-refractivity contribution in [3.63, 3.8) is 0 Å². The fraction of sp³-hybridized carbons (Fsp3) is 0.286. The van der Waals surface area contributed by atoms with Crippen molar-refractivity contribution in [1.82, 2.24) is 10.3 Å². The van der Waals surface area contributed by atoms with Crippen molar-refractivity contribution in [1.29, 1.82) is 0 Å². The van der Waals surface area contributed by atoms with E-state index >= 15 is 0 Å². The van der Waals surface area contributed by atoms with Crippen LogP contribution in [0.5, 0.6) is 0 Å². The Morgan fingerprint density at radius 2 is 2.19 bits per heavy atom. The molecule has 1 unspecified atom stereocenters. The predicted molar refractivity (Wildman–Crippen MR) is 76.1 cm³/mol. The summed E-state index contributed by atoms with van der Waals surface area (Å²) in [6.45, 7) is 1.71. The number of nitrogens with zero attached hydrogens (tertiary/aromatic N) is 1. The van der Waals surface area contributed by atoms with Crippen LogP contribution in [0.25, 0.3) is 10.6 Å². The number of aliphatic hydroxyl groups is 1. The highest BCUT2D eigenvalue weighted by Gasteiger charge is 2.15. The Morgan fingerprint density at radius 1 is 1.43 bits per heavy atom. The number of hydrogen-bond acceptors (Lipinski definition) is 4. The van der Waals surface area contributed by atoms with Crippen molar-refractivity contribution in [2.24, 2.45) is 0 Å². The van der Waals surface area contributed by atoms with Gasteiger partial charge in [0.05, 0.1) is 18.8 Å². The van der Waals surface area contributed by atoms with E-state index in [0.29, 0.717) is 21.9 Å². The number of nitrogens with one attached hydrogen (secondary N) is 1. The average molecular weight is 312 g/mol. The van der Waals surface area contributed by atoms with Crippen molar-refractivity contribution in [2.75, 3.05) is 6.61 Å². The van der Waals surface area contributed by atoms with E-state index in [1.54, 1.807) is 0 Å². The van der Waals surface area contributed by atoms with E-state index in [4.69, 9.17) is 5.11 Å². The third-order valence-corrected chi connectivity index (χ3v) is 3.99. The lowest BCUT2D eigenvalue weighted by Crippen LogP contribution is -2.36. The van der Waals surface area contributed by atoms with Gasteiger partial charge in [-0.3, -0.25) is 4.79 Å². The summed E-state index contributed by atoms with van der Waals surface area (Å²) in [6.07, 6.45) is 1.98. The second-order valence-electron chi connectivity index (χ2n) is 4.42. The maximum Gasteiger partial charge on any atom is 0.263 e. The van der Waals surface area contributed by atoms with Crippen molar-refractivity contribution in [3.8, 4) is 10.6 Å². The highest BCUT2D eigenvalue weighted by atomic mass is 32.1. The van der Waals surface area contributed by atoms with Crippen molar-refractivity contribution in [3.05, 3.63) is 40.9 Å². The van der Waals surface area contributed by atoms with Gasteiger partial charge < -0.3 is 10.4 Å². The second-order valence-corrected chi connectivity index (χ2v) is 5.45. The van der Waals surface area contributed by atoms with Crippen LogP contribution in [0.2, 0.25) is 0 Å². The molecular formula is C14H14F2N2O2S. The van der Waals surface area contributed by atoms with Crippen molar-refractivity contribution < 1.29 is 18.7 Å². The topological polar surface area (TPSA) is 62.2 Å². The molecule has 0 aliphatic heterocycles. The monoisotopic (exact) mass is 312 g/mol. The summed E-state index contributed by atoms with van der Waals surface area (Å²) in [7, 11) is 0. The van der Waals surface area contributed by atoms with E-state index in [-0.39, 0.29) is 18.6 Å². The van der Waals surface area contributed by atoms with Crippen LogP contribution in [0.1, 0.15) is 23.0 Å². The van der Waals surface area contributed by atoms with Gasteiger partial charge in [-0.2, -0.15) is 0 Å². The van der Waals surface area contributed by atoms with Crippen LogP contribution in [0, 0.1) is 11.6 Å². The number of carbonyl (C=O) groups is 1. The SMILES string of the molecule is CCC(CO)NC(=O)c1cnc(-c2ccc(F)c(F)c2)s1. The van der Waals surface area contributed by atoms with Crippen LogP contribution in [0.4, 0.5) is 8.78 Å². The molecule has 1 atom stereocenters. The van der Waals surface area contributed by atoms with Gasteiger partial charge in [-0.15, -0.1) is 11.3 Å². The maximum atomic E-state index is 13.2. The summed E-state index contributed by atoms with van der Waals surface area (Å²) in [5.74, 6) is -2.23. The molecule has 0 saturated carbocycles. The molecule has 21 heavy (non-hydrogen) atoms. The largest absolute Gasteiger partial charge is 0.394 e. The van der Waals surface area contributed by atoms with Crippen LogP contribution in [0.15, 0.2) is 24.4 Å². The lowest BCUT2D eigenvalue weighted by atomic mass is 10.2. The average Bonchev–Trinajstić information content (AvgIpc) is 2.97. The molecule has 1 amide bonds.